The van der Waals surface area contributed by atoms with Gasteiger partial charge in [0.1, 0.15) is 6.33 Å². The number of nitrogens with zero attached hydrogens (tertiary/aromatic N) is 4. The summed E-state index contributed by atoms with van der Waals surface area (Å²) in [6.45, 7) is 4.84. The minimum atomic E-state index is -0.0457. The van der Waals surface area contributed by atoms with Gasteiger partial charge in [0.15, 0.2) is 5.82 Å². The second-order valence-electron chi connectivity index (χ2n) is 6.97. The van der Waals surface area contributed by atoms with Crippen molar-refractivity contribution in [3.05, 3.63) is 58.0 Å². The highest BCUT2D eigenvalue weighted by Crippen LogP contribution is 2.25. The molecular formula is C20H23N5OS. The summed E-state index contributed by atoms with van der Waals surface area (Å²) in [7, 11) is 1.83. The first-order chi connectivity index (χ1) is 13.1. The van der Waals surface area contributed by atoms with Gasteiger partial charge in [0.2, 0.25) is 0 Å². The van der Waals surface area contributed by atoms with Gasteiger partial charge in [0.25, 0.3) is 5.91 Å². The summed E-state index contributed by atoms with van der Waals surface area (Å²) in [6.07, 6.45) is 2.77. The number of rotatable bonds is 5. The summed E-state index contributed by atoms with van der Waals surface area (Å²) in [5, 5.41) is 9.51. The number of thiophene rings is 1. The number of aromatic nitrogens is 3. The van der Waals surface area contributed by atoms with E-state index in [4.69, 9.17) is 0 Å². The lowest BCUT2D eigenvalue weighted by Gasteiger charge is -2.32. The van der Waals surface area contributed by atoms with Crippen LogP contribution in [0.5, 0.6) is 0 Å². The van der Waals surface area contributed by atoms with Crippen LogP contribution in [0, 0.1) is 0 Å². The smallest absolute Gasteiger partial charge is 0.251 e. The molecule has 3 aromatic rings. The van der Waals surface area contributed by atoms with E-state index in [1.807, 2.05) is 42.6 Å². The van der Waals surface area contributed by atoms with E-state index in [2.05, 4.69) is 38.7 Å². The van der Waals surface area contributed by atoms with Crippen LogP contribution in [-0.4, -0.2) is 44.7 Å². The number of hydrogen-bond acceptors (Lipinski definition) is 5. The van der Waals surface area contributed by atoms with Crippen molar-refractivity contribution in [3.8, 4) is 11.4 Å². The van der Waals surface area contributed by atoms with Crippen LogP contribution in [0.4, 0.5) is 0 Å². The van der Waals surface area contributed by atoms with E-state index in [9.17, 15) is 4.79 Å². The number of carbonyl (C=O) groups excluding carboxylic acids is 1. The Morgan fingerprint density at radius 3 is 2.85 bits per heavy atom. The molecule has 6 nitrogen and oxygen atoms in total. The van der Waals surface area contributed by atoms with Gasteiger partial charge < -0.3 is 5.32 Å². The normalized spacial score (nSPS) is 15.3. The Hall–Kier alpha value is -2.51. The van der Waals surface area contributed by atoms with Crippen molar-refractivity contribution >= 4 is 17.2 Å². The molecule has 0 saturated heterocycles. The Labute approximate surface area is 162 Å². The molecule has 1 aromatic carbocycles. The lowest BCUT2D eigenvalue weighted by molar-refractivity contribution is 0.0932. The molecule has 1 unspecified atom stereocenters. The van der Waals surface area contributed by atoms with Crippen molar-refractivity contribution in [3.63, 3.8) is 0 Å². The zero-order chi connectivity index (χ0) is 18.8. The van der Waals surface area contributed by atoms with Crippen molar-refractivity contribution in [2.45, 2.75) is 25.9 Å². The van der Waals surface area contributed by atoms with Gasteiger partial charge in [-0.2, -0.15) is 5.10 Å². The summed E-state index contributed by atoms with van der Waals surface area (Å²) >= 11 is 1.85. The molecule has 4 rings (SSSR count). The van der Waals surface area contributed by atoms with E-state index in [0.717, 1.165) is 25.1 Å². The third kappa shape index (κ3) is 3.94. The van der Waals surface area contributed by atoms with Crippen molar-refractivity contribution < 1.29 is 4.79 Å². The quantitative estimate of drug-likeness (QED) is 0.738. The van der Waals surface area contributed by atoms with E-state index < -0.39 is 0 Å². The van der Waals surface area contributed by atoms with Crippen molar-refractivity contribution in [2.24, 2.45) is 7.05 Å². The first-order valence-electron chi connectivity index (χ1n) is 9.14. The largest absolute Gasteiger partial charge is 0.350 e. The number of aryl methyl sites for hydroxylation is 1. The Kier molecular flexibility index (Phi) is 5.05. The number of nitrogens with one attached hydrogen (secondary N) is 1. The Morgan fingerprint density at radius 1 is 1.30 bits per heavy atom. The molecule has 140 valence electrons. The second kappa shape index (κ2) is 7.62. The molecule has 7 heteroatoms. The minimum absolute atomic E-state index is 0.0457. The molecule has 1 aliphatic heterocycles. The van der Waals surface area contributed by atoms with E-state index in [0.29, 0.717) is 24.0 Å². The summed E-state index contributed by atoms with van der Waals surface area (Å²) in [6, 6.07) is 9.94. The maximum absolute atomic E-state index is 12.5. The fraction of sp³-hybridized carbons (Fsp3) is 0.350. The summed E-state index contributed by atoms with van der Waals surface area (Å²) < 4.78 is 1.66. The average Bonchev–Trinajstić information content (AvgIpc) is 3.34. The molecule has 0 aliphatic carbocycles. The number of carbonyl (C=O) groups is 1. The minimum Gasteiger partial charge on any atom is -0.350 e. The fourth-order valence-electron chi connectivity index (χ4n) is 3.36. The van der Waals surface area contributed by atoms with Crippen LogP contribution in [-0.2, 0) is 20.0 Å². The molecule has 0 radical (unpaired) electrons. The number of amides is 1. The summed E-state index contributed by atoms with van der Waals surface area (Å²) in [4.78, 5) is 20.6. The highest BCUT2D eigenvalue weighted by atomic mass is 32.1. The van der Waals surface area contributed by atoms with E-state index >= 15 is 0 Å². The number of hydrogen-bond donors (Lipinski definition) is 1. The maximum atomic E-state index is 12.5. The van der Waals surface area contributed by atoms with Gasteiger partial charge in [0.05, 0.1) is 0 Å². The average molecular weight is 382 g/mol. The third-order valence-corrected chi connectivity index (χ3v) is 6.05. The van der Waals surface area contributed by atoms with Crippen LogP contribution in [0.3, 0.4) is 0 Å². The maximum Gasteiger partial charge on any atom is 0.251 e. The van der Waals surface area contributed by atoms with Gasteiger partial charge in [-0.05, 0) is 42.5 Å². The highest BCUT2D eigenvalue weighted by Gasteiger charge is 2.21. The first kappa shape index (κ1) is 17.9. The van der Waals surface area contributed by atoms with Gasteiger partial charge in [0, 0.05) is 48.7 Å². The Bertz CT molecular complexity index is 930. The van der Waals surface area contributed by atoms with E-state index in [1.165, 1.54) is 10.4 Å². The molecule has 3 heterocycles. The fourth-order valence-corrected chi connectivity index (χ4v) is 4.25. The van der Waals surface area contributed by atoms with Gasteiger partial charge in [-0.3, -0.25) is 14.4 Å². The van der Waals surface area contributed by atoms with Crippen molar-refractivity contribution in [1.82, 2.24) is 25.0 Å². The molecule has 1 atom stereocenters. The molecule has 0 bridgehead atoms. The summed E-state index contributed by atoms with van der Waals surface area (Å²) in [5.41, 5.74) is 2.99. The Balaban J connectivity index is 1.32. The SMILES string of the molecule is CC(CNC(=O)c1ccc(-c2ncn(C)n2)cc1)N1CCc2sccc2C1. The van der Waals surface area contributed by atoms with E-state index in [1.54, 1.807) is 11.0 Å². The molecule has 1 N–H and O–H groups in total. The first-order valence-corrected chi connectivity index (χ1v) is 10.0. The number of benzene rings is 1. The van der Waals surface area contributed by atoms with Crippen LogP contribution < -0.4 is 5.32 Å². The van der Waals surface area contributed by atoms with Gasteiger partial charge >= 0.3 is 0 Å². The molecule has 0 fully saturated rings. The van der Waals surface area contributed by atoms with Crippen LogP contribution in [0.1, 0.15) is 27.7 Å². The zero-order valence-corrected chi connectivity index (χ0v) is 16.4. The zero-order valence-electron chi connectivity index (χ0n) is 15.6. The van der Waals surface area contributed by atoms with Crippen LogP contribution in [0.15, 0.2) is 42.0 Å². The molecule has 0 spiro atoms. The highest BCUT2D eigenvalue weighted by molar-refractivity contribution is 7.10. The molecule has 1 aliphatic rings. The molecule has 1 amide bonds. The Morgan fingerprint density at radius 2 is 2.11 bits per heavy atom. The van der Waals surface area contributed by atoms with Crippen molar-refractivity contribution in [2.75, 3.05) is 13.1 Å². The molecular weight excluding hydrogens is 358 g/mol. The van der Waals surface area contributed by atoms with Gasteiger partial charge in [-0.15, -0.1) is 11.3 Å². The van der Waals surface area contributed by atoms with Crippen LogP contribution in [0.25, 0.3) is 11.4 Å². The van der Waals surface area contributed by atoms with Crippen LogP contribution >= 0.6 is 11.3 Å². The van der Waals surface area contributed by atoms with Crippen molar-refractivity contribution in [1.29, 1.82) is 0 Å². The lowest BCUT2D eigenvalue weighted by atomic mass is 10.1. The predicted molar refractivity (Wildman–Crippen MR) is 107 cm³/mol. The molecule has 27 heavy (non-hydrogen) atoms. The van der Waals surface area contributed by atoms with Gasteiger partial charge in [-0.25, -0.2) is 4.98 Å². The molecule has 2 aromatic heterocycles. The second-order valence-corrected chi connectivity index (χ2v) is 7.97. The van der Waals surface area contributed by atoms with E-state index in [-0.39, 0.29) is 5.91 Å². The summed E-state index contributed by atoms with van der Waals surface area (Å²) in [5.74, 6) is 0.617. The lowest BCUT2D eigenvalue weighted by Crippen LogP contribution is -2.44. The van der Waals surface area contributed by atoms with Gasteiger partial charge in [-0.1, -0.05) is 12.1 Å². The monoisotopic (exact) mass is 381 g/mol. The number of fused-ring (bicyclic) bond motifs is 1. The standard InChI is InChI=1S/C20H23N5OS/c1-14(25-9-7-18-17(12-25)8-10-27-18)11-21-20(26)16-5-3-15(4-6-16)19-22-13-24(2)23-19/h3-6,8,10,13-14H,7,9,11-12H2,1-2H3,(H,21,26). The predicted octanol–water partition coefficient (Wildman–Crippen LogP) is 2.72. The topological polar surface area (TPSA) is 63.1 Å². The third-order valence-electron chi connectivity index (χ3n) is 5.02. The van der Waals surface area contributed by atoms with Crippen LogP contribution in [0.2, 0.25) is 0 Å². The molecule has 0 saturated carbocycles.